The number of hydrogen-bond acceptors (Lipinski definition) is 6. The Morgan fingerprint density at radius 2 is 2.16 bits per heavy atom. The maximum atomic E-state index is 12.5. The average molecular weight is 483 g/mol. The molecule has 1 aromatic carbocycles. The van der Waals surface area contributed by atoms with Gasteiger partial charge in [-0.1, -0.05) is 36.5 Å². The van der Waals surface area contributed by atoms with E-state index in [2.05, 4.69) is 26.9 Å². The fourth-order valence-corrected chi connectivity index (χ4v) is 5.05. The fraction of sp³-hybridized carbons (Fsp3) is 0.333. The van der Waals surface area contributed by atoms with E-state index in [1.54, 1.807) is 31.3 Å². The summed E-state index contributed by atoms with van der Waals surface area (Å²) in [6.07, 6.45) is 6.14. The number of sulfonamides is 1. The Morgan fingerprint density at radius 1 is 1.39 bits per heavy atom. The monoisotopic (exact) mass is 482 g/mol. The molecule has 3 N–H and O–H groups in total. The Labute approximate surface area is 193 Å². The summed E-state index contributed by atoms with van der Waals surface area (Å²) in [6, 6.07) is 6.74. The van der Waals surface area contributed by atoms with E-state index in [-0.39, 0.29) is 29.3 Å². The number of allylic oxidation sites excluding steroid dienone is 2. The number of aliphatic imine (C=N–C) groups is 1. The van der Waals surface area contributed by atoms with E-state index in [9.17, 15) is 13.2 Å². The molecule has 0 bridgehead atoms. The van der Waals surface area contributed by atoms with Gasteiger partial charge >= 0.3 is 0 Å². The number of nitrogens with one attached hydrogen (secondary N) is 3. The van der Waals surface area contributed by atoms with Crippen molar-refractivity contribution in [3.8, 4) is 0 Å². The normalized spacial score (nSPS) is 16.9. The molecule has 1 aromatic rings. The quantitative estimate of drug-likeness (QED) is 0.299. The molecule has 0 fully saturated rings. The van der Waals surface area contributed by atoms with E-state index in [1.165, 1.54) is 11.8 Å². The smallest absolute Gasteiger partial charge is 0.232 e. The highest BCUT2D eigenvalue weighted by atomic mass is 35.5. The standard InChI is InChI=1S/C21H27ClN4O3S2/c1-15-7-5-11-24-20(16(15)2)30-21(23-3)25-19(27)14-17-8-4-9-18(13-17)26-31(28,29)12-6-10-22/h4-5,7-9,11,13,20,24,26H,2,6,10,12,14H2,1,3H3,(H,23,25,27)/t20-/m1/s1. The molecule has 168 valence electrons. The SMILES string of the molecule is C=C1C(C)=CC=CN[C@@H]1SC(=NC)NC(=O)Cc1cccc(NS(=O)(=O)CCCCl)c1. The number of benzene rings is 1. The van der Waals surface area contributed by atoms with Crippen molar-refractivity contribution in [2.24, 2.45) is 4.99 Å². The van der Waals surface area contributed by atoms with Gasteiger partial charge in [0, 0.05) is 18.6 Å². The summed E-state index contributed by atoms with van der Waals surface area (Å²) in [4.78, 5) is 16.7. The Hall–Kier alpha value is -2.23. The molecule has 1 amide bonds. The molecular weight excluding hydrogens is 456 g/mol. The number of amides is 1. The number of hydrogen-bond donors (Lipinski definition) is 3. The van der Waals surface area contributed by atoms with Crippen molar-refractivity contribution in [1.82, 2.24) is 10.6 Å². The molecule has 31 heavy (non-hydrogen) atoms. The van der Waals surface area contributed by atoms with Gasteiger partial charge in [0.2, 0.25) is 15.9 Å². The van der Waals surface area contributed by atoms with Gasteiger partial charge in [-0.15, -0.1) is 11.6 Å². The lowest BCUT2D eigenvalue weighted by Crippen LogP contribution is -2.34. The zero-order chi connectivity index (χ0) is 22.9. The van der Waals surface area contributed by atoms with Gasteiger partial charge in [-0.25, -0.2) is 8.42 Å². The number of rotatable bonds is 8. The highest BCUT2D eigenvalue weighted by molar-refractivity contribution is 8.14. The number of carbonyl (C=O) groups excluding carboxylic acids is 1. The molecule has 10 heteroatoms. The maximum absolute atomic E-state index is 12.5. The van der Waals surface area contributed by atoms with Crippen LogP contribution in [0.5, 0.6) is 0 Å². The first-order valence-electron chi connectivity index (χ1n) is 9.61. The molecule has 0 spiro atoms. The van der Waals surface area contributed by atoms with Crippen LogP contribution in [-0.4, -0.2) is 43.5 Å². The molecule has 1 aliphatic rings. The summed E-state index contributed by atoms with van der Waals surface area (Å²) >= 11 is 6.93. The third kappa shape index (κ3) is 8.43. The van der Waals surface area contributed by atoms with E-state index in [0.29, 0.717) is 22.8 Å². The first kappa shape index (κ1) is 25.0. The fourth-order valence-electron chi connectivity index (χ4n) is 2.67. The van der Waals surface area contributed by atoms with Crippen molar-refractivity contribution >= 4 is 50.1 Å². The molecule has 0 saturated heterocycles. The van der Waals surface area contributed by atoms with E-state index < -0.39 is 10.0 Å². The largest absolute Gasteiger partial charge is 0.375 e. The molecule has 7 nitrogen and oxygen atoms in total. The number of amidine groups is 1. The lowest BCUT2D eigenvalue weighted by molar-refractivity contribution is -0.119. The summed E-state index contributed by atoms with van der Waals surface area (Å²) in [6.45, 7) is 6.08. The Kier molecular flexibility index (Phi) is 9.67. The van der Waals surface area contributed by atoms with Gasteiger partial charge in [0.05, 0.1) is 12.2 Å². The molecule has 1 atom stereocenters. The van der Waals surface area contributed by atoms with Gasteiger partial charge in [0.15, 0.2) is 5.17 Å². The molecule has 0 aromatic heterocycles. The highest BCUT2D eigenvalue weighted by Crippen LogP contribution is 2.24. The van der Waals surface area contributed by atoms with E-state index in [1.807, 2.05) is 25.3 Å². The first-order chi connectivity index (χ1) is 14.7. The first-order valence-corrected chi connectivity index (χ1v) is 12.7. The predicted octanol–water partition coefficient (Wildman–Crippen LogP) is 3.38. The van der Waals surface area contributed by atoms with Crippen LogP contribution in [0, 0.1) is 0 Å². The van der Waals surface area contributed by atoms with E-state index in [0.717, 1.165) is 11.1 Å². The lowest BCUT2D eigenvalue weighted by atomic mass is 10.1. The van der Waals surface area contributed by atoms with Crippen LogP contribution >= 0.6 is 23.4 Å². The van der Waals surface area contributed by atoms with Crippen molar-refractivity contribution in [2.45, 2.75) is 25.1 Å². The number of anilines is 1. The van der Waals surface area contributed by atoms with Crippen LogP contribution < -0.4 is 15.4 Å². The Morgan fingerprint density at radius 3 is 2.87 bits per heavy atom. The minimum absolute atomic E-state index is 0.0564. The summed E-state index contributed by atoms with van der Waals surface area (Å²) in [5.74, 6) is -0.0348. The van der Waals surface area contributed by atoms with Crippen molar-refractivity contribution in [3.63, 3.8) is 0 Å². The van der Waals surface area contributed by atoms with Gasteiger partial charge in [-0.3, -0.25) is 14.5 Å². The predicted molar refractivity (Wildman–Crippen MR) is 131 cm³/mol. The molecule has 0 radical (unpaired) electrons. The topological polar surface area (TPSA) is 99.7 Å². The van der Waals surface area contributed by atoms with E-state index >= 15 is 0 Å². The molecule has 0 saturated carbocycles. The molecular formula is C21H27ClN4O3S2. The number of thioether (sulfide) groups is 1. The van der Waals surface area contributed by atoms with E-state index in [4.69, 9.17) is 11.6 Å². The maximum Gasteiger partial charge on any atom is 0.232 e. The lowest BCUT2D eigenvalue weighted by Gasteiger charge is -2.19. The van der Waals surface area contributed by atoms with Crippen LogP contribution in [-0.2, 0) is 21.2 Å². The van der Waals surface area contributed by atoms with Gasteiger partial charge in [0.1, 0.15) is 5.37 Å². The van der Waals surface area contributed by atoms with Crippen molar-refractivity contribution in [2.75, 3.05) is 23.4 Å². The third-order valence-electron chi connectivity index (χ3n) is 4.30. The van der Waals surface area contributed by atoms with Crippen LogP contribution in [0.3, 0.4) is 0 Å². The Balaban J connectivity index is 1.97. The van der Waals surface area contributed by atoms with Crippen LogP contribution in [0.2, 0.25) is 0 Å². The van der Waals surface area contributed by atoms with Crippen molar-refractivity contribution in [1.29, 1.82) is 0 Å². The van der Waals surface area contributed by atoms with Gasteiger partial charge in [-0.2, -0.15) is 0 Å². The molecule has 1 aliphatic heterocycles. The molecule has 0 aliphatic carbocycles. The van der Waals surface area contributed by atoms with Crippen molar-refractivity contribution in [3.05, 3.63) is 65.9 Å². The molecule has 1 heterocycles. The van der Waals surface area contributed by atoms with Crippen LogP contribution in [0.25, 0.3) is 0 Å². The zero-order valence-electron chi connectivity index (χ0n) is 17.5. The number of alkyl halides is 1. The summed E-state index contributed by atoms with van der Waals surface area (Å²) in [5, 5.41) is 6.34. The summed E-state index contributed by atoms with van der Waals surface area (Å²) in [5.41, 5.74) is 3.03. The van der Waals surface area contributed by atoms with Crippen LogP contribution in [0.15, 0.2) is 65.3 Å². The van der Waals surface area contributed by atoms with Gasteiger partial charge in [0.25, 0.3) is 0 Å². The van der Waals surface area contributed by atoms with Crippen LogP contribution in [0.1, 0.15) is 18.9 Å². The van der Waals surface area contributed by atoms with Gasteiger partial charge < -0.3 is 10.6 Å². The van der Waals surface area contributed by atoms with Crippen molar-refractivity contribution < 1.29 is 13.2 Å². The number of nitrogens with zero attached hydrogens (tertiary/aromatic N) is 1. The second-order valence-corrected chi connectivity index (χ2v) is 10.1. The highest BCUT2D eigenvalue weighted by Gasteiger charge is 2.19. The van der Waals surface area contributed by atoms with Gasteiger partial charge in [-0.05, 0) is 54.5 Å². The third-order valence-corrected chi connectivity index (χ3v) is 7.11. The summed E-state index contributed by atoms with van der Waals surface area (Å²) in [7, 11) is -1.87. The zero-order valence-corrected chi connectivity index (χ0v) is 19.9. The second-order valence-electron chi connectivity index (χ2n) is 6.82. The minimum Gasteiger partial charge on any atom is -0.375 e. The molecule has 0 unspecified atom stereocenters. The summed E-state index contributed by atoms with van der Waals surface area (Å²) < 4.78 is 26.6. The van der Waals surface area contributed by atoms with Crippen LogP contribution in [0.4, 0.5) is 5.69 Å². The number of halogens is 1. The number of carbonyl (C=O) groups is 1. The Bertz CT molecular complexity index is 1000. The second kappa shape index (κ2) is 12.0. The minimum atomic E-state index is -3.48. The molecule has 2 rings (SSSR count). The average Bonchev–Trinajstić information content (AvgIpc) is 2.87.